The normalized spacial score (nSPS) is 12.0. The molecule has 0 spiro atoms. The van der Waals surface area contributed by atoms with Crippen LogP contribution in [0.3, 0.4) is 0 Å². The first-order valence-electron chi connectivity index (χ1n) is 3.30. The molecule has 0 saturated carbocycles. The van der Waals surface area contributed by atoms with Crippen LogP contribution in [0.15, 0.2) is 0 Å². The van der Waals surface area contributed by atoms with Gasteiger partial charge in [0, 0.05) is 19.2 Å². The zero-order chi connectivity index (χ0) is 7.33. The van der Waals surface area contributed by atoms with Crippen molar-refractivity contribution >= 4 is 0 Å². The first-order chi connectivity index (χ1) is 4.06. The van der Waals surface area contributed by atoms with Crippen LogP contribution < -0.4 is 5.32 Å². The van der Waals surface area contributed by atoms with E-state index in [4.69, 9.17) is 4.74 Å². The Morgan fingerprint density at radius 3 is 2.22 bits per heavy atom. The molecule has 0 aromatic carbocycles. The van der Waals surface area contributed by atoms with E-state index < -0.39 is 0 Å². The molecule has 56 valence electrons. The summed E-state index contributed by atoms with van der Waals surface area (Å²) >= 11 is 0. The molecule has 0 aliphatic heterocycles. The van der Waals surface area contributed by atoms with E-state index in [1.165, 1.54) is 0 Å². The van der Waals surface area contributed by atoms with E-state index in [0.717, 1.165) is 13.2 Å². The van der Waals surface area contributed by atoms with Crippen molar-refractivity contribution in [3.8, 4) is 0 Å². The van der Waals surface area contributed by atoms with E-state index in [1.54, 1.807) is 7.11 Å². The van der Waals surface area contributed by atoms with E-state index in [0.29, 0.717) is 0 Å². The van der Waals surface area contributed by atoms with E-state index in [9.17, 15) is 0 Å². The fraction of sp³-hybridized carbons (Fsp3) is 1.00. The summed E-state index contributed by atoms with van der Waals surface area (Å²) < 4.78 is 4.87. The highest BCUT2D eigenvalue weighted by atomic mass is 16.5. The summed E-state index contributed by atoms with van der Waals surface area (Å²) in [6.07, 6.45) is 0. The van der Waals surface area contributed by atoms with Crippen molar-refractivity contribution in [3.63, 3.8) is 0 Å². The molecule has 0 bridgehead atoms. The quantitative estimate of drug-likeness (QED) is 0.577. The van der Waals surface area contributed by atoms with Crippen LogP contribution in [0, 0.1) is 0 Å². The second-order valence-corrected chi connectivity index (χ2v) is 3.17. The lowest BCUT2D eigenvalue weighted by atomic mass is 10.1. The monoisotopic (exact) mass is 131 g/mol. The van der Waals surface area contributed by atoms with Gasteiger partial charge in [-0.1, -0.05) is 0 Å². The predicted molar refractivity (Wildman–Crippen MR) is 39.6 cm³/mol. The Morgan fingerprint density at radius 2 is 1.89 bits per heavy atom. The summed E-state index contributed by atoms with van der Waals surface area (Å²) in [5.41, 5.74) is 0.221. The summed E-state index contributed by atoms with van der Waals surface area (Å²) in [5.74, 6) is 0. The molecule has 1 N–H and O–H groups in total. The SMILES string of the molecule is COCCNC(C)(C)C. The Morgan fingerprint density at radius 1 is 1.33 bits per heavy atom. The van der Waals surface area contributed by atoms with Gasteiger partial charge in [-0.25, -0.2) is 0 Å². The van der Waals surface area contributed by atoms with Gasteiger partial charge < -0.3 is 10.1 Å². The maximum atomic E-state index is 4.87. The Kier molecular flexibility index (Phi) is 3.82. The largest absolute Gasteiger partial charge is 0.383 e. The summed E-state index contributed by atoms with van der Waals surface area (Å²) in [6.45, 7) is 8.14. The number of hydrogen-bond donors (Lipinski definition) is 1. The van der Waals surface area contributed by atoms with Crippen LogP contribution in [0.4, 0.5) is 0 Å². The van der Waals surface area contributed by atoms with Crippen molar-refractivity contribution in [3.05, 3.63) is 0 Å². The van der Waals surface area contributed by atoms with Crippen molar-refractivity contribution in [1.29, 1.82) is 0 Å². The molecule has 0 fully saturated rings. The van der Waals surface area contributed by atoms with E-state index in [2.05, 4.69) is 26.1 Å². The molecular formula is C7H17NO. The first-order valence-corrected chi connectivity index (χ1v) is 3.30. The van der Waals surface area contributed by atoms with Crippen LogP contribution in [-0.4, -0.2) is 25.8 Å². The molecular weight excluding hydrogens is 114 g/mol. The number of rotatable bonds is 3. The molecule has 0 radical (unpaired) electrons. The molecule has 2 heteroatoms. The summed E-state index contributed by atoms with van der Waals surface area (Å²) in [5, 5.41) is 3.30. The lowest BCUT2D eigenvalue weighted by Gasteiger charge is -2.19. The van der Waals surface area contributed by atoms with Gasteiger partial charge in [0.05, 0.1) is 6.61 Å². The second-order valence-electron chi connectivity index (χ2n) is 3.17. The average Bonchev–Trinajstić information content (AvgIpc) is 1.63. The standard InChI is InChI=1S/C7H17NO/c1-7(2,3)8-5-6-9-4/h8H,5-6H2,1-4H3. The van der Waals surface area contributed by atoms with Gasteiger partial charge in [-0.15, -0.1) is 0 Å². The van der Waals surface area contributed by atoms with Gasteiger partial charge in [0.15, 0.2) is 0 Å². The molecule has 0 unspecified atom stereocenters. The Balaban J connectivity index is 3.07. The molecule has 0 saturated heterocycles. The van der Waals surface area contributed by atoms with Gasteiger partial charge in [0.1, 0.15) is 0 Å². The summed E-state index contributed by atoms with van der Waals surface area (Å²) in [7, 11) is 1.71. The number of methoxy groups -OCH3 is 1. The van der Waals surface area contributed by atoms with Gasteiger partial charge in [-0.3, -0.25) is 0 Å². The zero-order valence-electron chi connectivity index (χ0n) is 6.82. The zero-order valence-corrected chi connectivity index (χ0v) is 6.82. The van der Waals surface area contributed by atoms with E-state index in [-0.39, 0.29) is 5.54 Å². The van der Waals surface area contributed by atoms with Crippen LogP contribution in [-0.2, 0) is 4.74 Å². The average molecular weight is 131 g/mol. The van der Waals surface area contributed by atoms with Crippen molar-refractivity contribution in [1.82, 2.24) is 5.32 Å². The van der Waals surface area contributed by atoms with Crippen LogP contribution in [0.1, 0.15) is 20.8 Å². The van der Waals surface area contributed by atoms with Crippen molar-refractivity contribution < 1.29 is 4.74 Å². The van der Waals surface area contributed by atoms with E-state index >= 15 is 0 Å². The summed E-state index contributed by atoms with van der Waals surface area (Å²) in [4.78, 5) is 0. The highest BCUT2D eigenvalue weighted by Crippen LogP contribution is 1.96. The maximum Gasteiger partial charge on any atom is 0.0587 e. The van der Waals surface area contributed by atoms with Gasteiger partial charge in [-0.05, 0) is 20.8 Å². The third-order valence-corrected chi connectivity index (χ3v) is 0.962. The third-order valence-electron chi connectivity index (χ3n) is 0.962. The van der Waals surface area contributed by atoms with Crippen LogP contribution in [0.25, 0.3) is 0 Å². The van der Waals surface area contributed by atoms with Gasteiger partial charge >= 0.3 is 0 Å². The minimum absolute atomic E-state index is 0.221. The summed E-state index contributed by atoms with van der Waals surface area (Å²) in [6, 6.07) is 0. The minimum atomic E-state index is 0.221. The van der Waals surface area contributed by atoms with Crippen LogP contribution >= 0.6 is 0 Å². The van der Waals surface area contributed by atoms with Gasteiger partial charge in [-0.2, -0.15) is 0 Å². The highest BCUT2D eigenvalue weighted by Gasteiger charge is 2.06. The Bertz CT molecular complexity index is 65.8. The predicted octanol–water partition coefficient (Wildman–Crippen LogP) is 1.02. The second kappa shape index (κ2) is 3.85. The molecule has 9 heavy (non-hydrogen) atoms. The highest BCUT2D eigenvalue weighted by molar-refractivity contribution is 4.69. The van der Waals surface area contributed by atoms with Gasteiger partial charge in [0.2, 0.25) is 0 Å². The van der Waals surface area contributed by atoms with Crippen LogP contribution in [0.5, 0.6) is 0 Å². The van der Waals surface area contributed by atoms with Crippen molar-refractivity contribution in [2.75, 3.05) is 20.3 Å². The number of hydrogen-bond acceptors (Lipinski definition) is 2. The fourth-order valence-corrected chi connectivity index (χ4v) is 0.528. The molecule has 0 aromatic heterocycles. The minimum Gasteiger partial charge on any atom is -0.383 e. The number of ether oxygens (including phenoxy) is 1. The molecule has 0 amide bonds. The Labute approximate surface area is 57.6 Å². The van der Waals surface area contributed by atoms with E-state index in [1.807, 2.05) is 0 Å². The molecule has 0 aliphatic rings. The Hall–Kier alpha value is -0.0800. The topological polar surface area (TPSA) is 21.3 Å². The van der Waals surface area contributed by atoms with Gasteiger partial charge in [0.25, 0.3) is 0 Å². The first kappa shape index (κ1) is 8.92. The maximum absolute atomic E-state index is 4.87. The lowest BCUT2D eigenvalue weighted by molar-refractivity contribution is 0.190. The molecule has 0 aromatic rings. The molecule has 0 atom stereocenters. The molecule has 0 rings (SSSR count). The number of nitrogens with one attached hydrogen (secondary N) is 1. The molecule has 0 heterocycles. The van der Waals surface area contributed by atoms with Crippen molar-refractivity contribution in [2.45, 2.75) is 26.3 Å². The fourth-order valence-electron chi connectivity index (χ4n) is 0.528. The third kappa shape index (κ3) is 7.92. The smallest absolute Gasteiger partial charge is 0.0587 e. The molecule has 0 aliphatic carbocycles. The molecule has 2 nitrogen and oxygen atoms in total. The van der Waals surface area contributed by atoms with Crippen molar-refractivity contribution in [2.24, 2.45) is 0 Å². The van der Waals surface area contributed by atoms with Crippen LogP contribution in [0.2, 0.25) is 0 Å². The lowest BCUT2D eigenvalue weighted by Crippen LogP contribution is -2.37.